The average molecular weight is 394 g/mol. The van der Waals surface area contributed by atoms with Gasteiger partial charge >= 0.3 is 0 Å². The van der Waals surface area contributed by atoms with Gasteiger partial charge in [0.05, 0.1) is 20.1 Å². The molecule has 156 valence electrons. The summed E-state index contributed by atoms with van der Waals surface area (Å²) in [5, 5.41) is 0. The molecule has 2 heteroatoms. The van der Waals surface area contributed by atoms with E-state index in [2.05, 4.69) is 51.7 Å². The summed E-state index contributed by atoms with van der Waals surface area (Å²) in [6.45, 7) is 10.9. The van der Waals surface area contributed by atoms with Crippen molar-refractivity contribution in [3.8, 4) is 0 Å². The van der Waals surface area contributed by atoms with Gasteiger partial charge in [0.15, 0.2) is 0 Å². The van der Waals surface area contributed by atoms with Gasteiger partial charge in [-0.2, -0.15) is 0 Å². The molecule has 0 saturated heterocycles. The van der Waals surface area contributed by atoms with Crippen molar-refractivity contribution in [3.63, 3.8) is 0 Å². The summed E-state index contributed by atoms with van der Waals surface area (Å²) in [5.41, 5.74) is 2.64. The van der Waals surface area contributed by atoms with Gasteiger partial charge in [0, 0.05) is 0 Å². The predicted octanol–water partition coefficient (Wildman–Crippen LogP) is 4.99. The molecule has 1 aromatic rings. The third kappa shape index (κ3) is 11.0. The Morgan fingerprint density at radius 2 is 1.19 bits per heavy atom. The van der Waals surface area contributed by atoms with E-state index < -0.39 is 0 Å². The molecule has 0 aliphatic rings. The van der Waals surface area contributed by atoms with Crippen molar-refractivity contribution in [3.05, 3.63) is 36.4 Å². The quantitative estimate of drug-likeness (QED) is 0.274. The van der Waals surface area contributed by atoms with E-state index in [1.54, 1.807) is 0 Å². The molecular formula is C25H44ClN. The van der Waals surface area contributed by atoms with Gasteiger partial charge in [-0.25, -0.2) is 0 Å². The van der Waals surface area contributed by atoms with Crippen molar-refractivity contribution >= 4 is 11.8 Å². The summed E-state index contributed by atoms with van der Waals surface area (Å²) in [5.74, 6) is 0. The third-order valence-corrected chi connectivity index (χ3v) is 5.96. The number of hydrogen-bond acceptors (Lipinski definition) is 0. The maximum absolute atomic E-state index is 3.85. The Bertz CT molecular complexity index is 468. The topological polar surface area (TPSA) is 0 Å². The molecule has 1 unspecified atom stereocenters. The van der Waals surface area contributed by atoms with Crippen LogP contribution in [0.5, 0.6) is 0 Å². The lowest BCUT2D eigenvalue weighted by atomic mass is 10.0. The normalized spacial score (nSPS) is 13.0. The Hall–Kier alpha value is -0.790. The second kappa shape index (κ2) is 16.2. The molecule has 0 N–H and O–H groups in total. The lowest BCUT2D eigenvalue weighted by molar-refractivity contribution is -0.00000568. The van der Waals surface area contributed by atoms with E-state index in [0.717, 1.165) is 11.0 Å². The van der Waals surface area contributed by atoms with E-state index in [0.29, 0.717) is 0 Å². The fourth-order valence-electron chi connectivity index (χ4n) is 3.74. The van der Waals surface area contributed by atoms with Crippen molar-refractivity contribution in [1.82, 2.24) is 4.48 Å². The highest BCUT2D eigenvalue weighted by molar-refractivity contribution is 5.53. The zero-order valence-electron chi connectivity index (χ0n) is 18.3. The van der Waals surface area contributed by atoms with Crippen LogP contribution >= 0.6 is 0 Å². The minimum Gasteiger partial charge on any atom is -1.00 e. The van der Waals surface area contributed by atoms with Gasteiger partial charge in [-0.3, -0.25) is 4.48 Å². The monoisotopic (exact) mass is 393 g/mol. The van der Waals surface area contributed by atoms with Gasteiger partial charge in [-0.05, 0) is 49.6 Å². The van der Waals surface area contributed by atoms with Crippen molar-refractivity contribution in [1.29, 1.82) is 0 Å². The van der Waals surface area contributed by atoms with Gasteiger partial charge in [0.25, 0.3) is 0 Å². The Morgan fingerprint density at radius 1 is 0.741 bits per heavy atom. The van der Waals surface area contributed by atoms with Crippen molar-refractivity contribution in [2.45, 2.75) is 90.9 Å². The highest BCUT2D eigenvalue weighted by Gasteiger charge is 2.21. The Morgan fingerprint density at radius 3 is 1.59 bits per heavy atom. The van der Waals surface area contributed by atoms with E-state index in [-0.39, 0.29) is 12.4 Å². The molecule has 0 bridgehead atoms. The van der Waals surface area contributed by atoms with Gasteiger partial charge < -0.3 is 12.4 Å². The summed E-state index contributed by atoms with van der Waals surface area (Å²) < 4.78 is 1.05. The Labute approximate surface area is 176 Å². The van der Waals surface area contributed by atoms with Gasteiger partial charge in [-0.1, -0.05) is 83.8 Å². The molecule has 0 aromatic heterocycles. The largest absolute Gasteiger partial charge is 1.00 e. The molecule has 0 aliphatic carbocycles. The van der Waals surface area contributed by atoms with Crippen LogP contribution in [0.25, 0.3) is 6.08 Å². The molecule has 1 rings (SSSR count). The van der Waals surface area contributed by atoms with Crippen molar-refractivity contribution < 1.29 is 12.4 Å². The molecule has 0 radical (unpaired) electrons. The molecular weight excluding hydrogens is 350 g/mol. The highest BCUT2D eigenvalue weighted by atomic mass is 35.5. The number of halogens is 1. The molecule has 27 heavy (non-hydrogen) atoms. The number of quaternary nitrogens is 1. The van der Waals surface area contributed by atoms with E-state index in [1.807, 2.05) is 6.08 Å². The van der Waals surface area contributed by atoms with Crippen molar-refractivity contribution in [2.24, 2.45) is 0 Å². The van der Waals surface area contributed by atoms with E-state index >= 15 is 0 Å². The van der Waals surface area contributed by atoms with Gasteiger partial charge in [-0.15, -0.1) is 0 Å². The summed E-state index contributed by atoms with van der Waals surface area (Å²) in [7, 11) is 2.38. The first kappa shape index (κ1) is 26.2. The molecule has 0 heterocycles. The van der Waals surface area contributed by atoms with E-state index in [4.69, 9.17) is 0 Å². The van der Waals surface area contributed by atoms with Crippen molar-refractivity contribution in [2.75, 3.05) is 20.1 Å². The molecule has 0 fully saturated rings. The van der Waals surface area contributed by atoms with Gasteiger partial charge in [0.1, 0.15) is 5.69 Å². The Balaban J connectivity index is 0.00000676. The lowest BCUT2D eigenvalue weighted by Gasteiger charge is -2.33. The lowest BCUT2D eigenvalue weighted by Crippen LogP contribution is -3.00. The first-order valence-electron chi connectivity index (χ1n) is 11.2. The molecule has 1 nitrogen and oxygen atoms in total. The minimum absolute atomic E-state index is 0. The summed E-state index contributed by atoms with van der Waals surface area (Å²) in [6, 6.07) is 8.94. The van der Waals surface area contributed by atoms with E-state index in [1.165, 1.54) is 94.8 Å². The SMILES string of the molecule is C=Cc1ccc([N+](C)(CC)CCCCCCCCCCCCCC)cc1.[Cl-]. The maximum Gasteiger partial charge on any atom is 0.132 e. The number of unbranched alkanes of at least 4 members (excludes halogenated alkanes) is 11. The second-order valence-electron chi connectivity index (χ2n) is 8.12. The zero-order chi connectivity index (χ0) is 19.1. The zero-order valence-corrected chi connectivity index (χ0v) is 19.1. The minimum atomic E-state index is 0. The molecule has 0 spiro atoms. The number of nitrogens with zero attached hydrogens (tertiary/aromatic N) is 1. The van der Waals surface area contributed by atoms with Gasteiger partial charge in [0.2, 0.25) is 0 Å². The van der Waals surface area contributed by atoms with Crippen LogP contribution in [0.3, 0.4) is 0 Å². The van der Waals surface area contributed by atoms with Crippen LogP contribution in [0.1, 0.15) is 96.5 Å². The second-order valence-corrected chi connectivity index (χ2v) is 8.12. The van der Waals surface area contributed by atoms with Crippen LogP contribution < -0.4 is 16.9 Å². The predicted molar refractivity (Wildman–Crippen MR) is 121 cm³/mol. The summed E-state index contributed by atoms with van der Waals surface area (Å²) in [6.07, 6.45) is 19.0. The molecule has 0 amide bonds. The van der Waals surface area contributed by atoms with Crippen LogP contribution in [-0.4, -0.2) is 20.1 Å². The van der Waals surface area contributed by atoms with Crippen LogP contribution in [0, 0.1) is 0 Å². The maximum atomic E-state index is 3.85. The smallest absolute Gasteiger partial charge is 0.132 e. The fraction of sp³-hybridized carbons (Fsp3) is 0.680. The molecule has 1 atom stereocenters. The summed E-state index contributed by atoms with van der Waals surface area (Å²) >= 11 is 0. The van der Waals surface area contributed by atoms with Crippen LogP contribution in [0.2, 0.25) is 0 Å². The average Bonchev–Trinajstić information content (AvgIpc) is 2.68. The first-order chi connectivity index (χ1) is 12.7. The highest BCUT2D eigenvalue weighted by Crippen LogP contribution is 2.23. The number of hydrogen-bond donors (Lipinski definition) is 0. The van der Waals surface area contributed by atoms with Crippen LogP contribution in [-0.2, 0) is 0 Å². The number of rotatable bonds is 16. The first-order valence-corrected chi connectivity index (χ1v) is 11.2. The fourth-order valence-corrected chi connectivity index (χ4v) is 3.74. The molecule has 0 aliphatic heterocycles. The molecule has 0 saturated carbocycles. The van der Waals surface area contributed by atoms with Crippen LogP contribution in [0.15, 0.2) is 30.8 Å². The van der Waals surface area contributed by atoms with E-state index in [9.17, 15) is 0 Å². The molecule has 1 aromatic carbocycles. The standard InChI is InChI=1S/C25H44N.ClH/c1-5-8-9-10-11-12-13-14-15-16-17-18-23-26(4,7-3)25-21-19-24(6-2)20-22-25;/h6,19-22H,2,5,7-18,23H2,1,3-4H3;1H/q+1;/p-1. The summed E-state index contributed by atoms with van der Waals surface area (Å²) in [4.78, 5) is 0. The van der Waals surface area contributed by atoms with Crippen LogP contribution in [0.4, 0.5) is 5.69 Å². The Kier molecular flexibility index (Phi) is 15.7. The number of benzene rings is 1. The third-order valence-electron chi connectivity index (χ3n) is 5.96.